The molecule has 12 rings (SSSR count). The first kappa shape index (κ1) is 35.4. The average Bonchev–Trinajstić information content (AvgIpc) is 4.00. The second-order valence-electron chi connectivity index (χ2n) is 16.2. The summed E-state index contributed by atoms with van der Waals surface area (Å²) in [5.74, 6) is 1.75. The van der Waals surface area contributed by atoms with E-state index in [0.29, 0.717) is 17.5 Å². The van der Waals surface area contributed by atoms with Crippen molar-refractivity contribution >= 4 is 43.5 Å². The molecule has 0 saturated heterocycles. The van der Waals surface area contributed by atoms with Gasteiger partial charge in [-0.2, -0.15) is 0 Å². The fraction of sp³-hybridized carbons (Fsp3) is 0.0545. The second kappa shape index (κ2) is 13.8. The lowest BCUT2D eigenvalue weighted by molar-refractivity contribution is 0.667. The van der Waals surface area contributed by atoms with Gasteiger partial charge in [0.15, 0.2) is 17.5 Å². The first-order valence-corrected chi connectivity index (χ1v) is 21.4. The fourth-order valence-corrected chi connectivity index (χ4v) is 10.4. The molecule has 0 spiro atoms. The summed E-state index contributed by atoms with van der Waals surface area (Å²) in [5.41, 5.74) is 16.1. The molecule has 3 aromatic heterocycles. The van der Waals surface area contributed by atoms with E-state index in [0.717, 1.165) is 71.4 Å². The van der Waals surface area contributed by atoms with Crippen LogP contribution in [0.25, 0.3) is 110 Å². The van der Waals surface area contributed by atoms with Crippen LogP contribution in [0.5, 0.6) is 0 Å². The van der Waals surface area contributed by atoms with Gasteiger partial charge in [-0.15, -0.1) is 11.3 Å². The van der Waals surface area contributed by atoms with E-state index >= 15 is 0 Å². The van der Waals surface area contributed by atoms with Gasteiger partial charge in [0.25, 0.3) is 0 Å². The van der Waals surface area contributed by atoms with Gasteiger partial charge in [0.1, 0.15) is 16.2 Å². The lowest BCUT2D eigenvalue weighted by atomic mass is 9.81. The standard InChI is InChI=1S/C55H36N4OS/c1-55(2)45-32-38(27-28-40(45)42-29-30-46-50(48(42)55)61-54(56-46)36-15-7-4-8-16-36)34-23-25-35(26-24-34)51-57-52(39-18-11-17-37(31-39)33-13-5-3-6-14-33)59-53(58-51)44-21-12-20-43-41-19-9-10-22-47(41)60-49(43)44/h3-32H,1-2H3. The maximum atomic E-state index is 6.48. The lowest BCUT2D eigenvalue weighted by Crippen LogP contribution is -2.15. The van der Waals surface area contributed by atoms with Gasteiger partial charge in [0, 0.05) is 32.9 Å². The molecular weight excluding hydrogens is 765 g/mol. The van der Waals surface area contributed by atoms with E-state index in [9.17, 15) is 0 Å². The van der Waals surface area contributed by atoms with Crippen LogP contribution in [0.2, 0.25) is 0 Å². The van der Waals surface area contributed by atoms with Crippen LogP contribution in [0.1, 0.15) is 25.0 Å². The van der Waals surface area contributed by atoms with Gasteiger partial charge in [-0.3, -0.25) is 0 Å². The molecule has 0 bridgehead atoms. The smallest absolute Gasteiger partial charge is 0.167 e. The molecule has 3 heterocycles. The van der Waals surface area contributed by atoms with Crippen LogP contribution in [0.4, 0.5) is 0 Å². The Balaban J connectivity index is 0.938. The molecule has 0 radical (unpaired) electrons. The topological polar surface area (TPSA) is 64.7 Å². The average molecular weight is 801 g/mol. The van der Waals surface area contributed by atoms with Crippen molar-refractivity contribution in [3.05, 3.63) is 193 Å². The number of thiazole rings is 1. The molecule has 6 heteroatoms. The van der Waals surface area contributed by atoms with Gasteiger partial charge in [0.05, 0.1) is 15.8 Å². The van der Waals surface area contributed by atoms with Crippen molar-refractivity contribution in [2.45, 2.75) is 19.3 Å². The summed E-state index contributed by atoms with van der Waals surface area (Å²) >= 11 is 1.80. The Bertz CT molecular complexity index is 3500. The second-order valence-corrected chi connectivity index (χ2v) is 17.2. The maximum absolute atomic E-state index is 6.48. The Labute approximate surface area is 356 Å². The Morgan fingerprint density at radius 3 is 1.84 bits per heavy atom. The van der Waals surface area contributed by atoms with E-state index < -0.39 is 0 Å². The number of furan rings is 1. The molecule has 288 valence electrons. The van der Waals surface area contributed by atoms with Gasteiger partial charge in [-0.1, -0.05) is 166 Å². The van der Waals surface area contributed by atoms with Gasteiger partial charge in [-0.25, -0.2) is 19.9 Å². The van der Waals surface area contributed by atoms with Gasteiger partial charge in [-0.05, 0) is 74.8 Å². The van der Waals surface area contributed by atoms with Crippen molar-refractivity contribution < 1.29 is 4.42 Å². The Morgan fingerprint density at radius 1 is 0.426 bits per heavy atom. The van der Waals surface area contributed by atoms with E-state index in [1.807, 2.05) is 36.4 Å². The summed E-state index contributed by atoms with van der Waals surface area (Å²) in [7, 11) is 0. The van der Waals surface area contributed by atoms with E-state index in [4.69, 9.17) is 24.4 Å². The van der Waals surface area contributed by atoms with Crippen molar-refractivity contribution in [3.8, 4) is 78.1 Å². The van der Waals surface area contributed by atoms with Gasteiger partial charge in [0.2, 0.25) is 0 Å². The highest BCUT2D eigenvalue weighted by Crippen LogP contribution is 2.53. The van der Waals surface area contributed by atoms with Crippen LogP contribution < -0.4 is 0 Å². The summed E-state index contributed by atoms with van der Waals surface area (Å²) in [6.45, 7) is 4.70. The molecule has 1 aliphatic carbocycles. The number of nitrogens with zero attached hydrogens (tertiary/aromatic N) is 4. The highest BCUT2D eigenvalue weighted by atomic mass is 32.1. The van der Waals surface area contributed by atoms with Crippen LogP contribution in [0.3, 0.4) is 0 Å². The summed E-state index contributed by atoms with van der Waals surface area (Å²) < 4.78 is 7.74. The number of benzene rings is 8. The normalized spacial score (nSPS) is 12.9. The molecule has 0 unspecified atom stereocenters. The SMILES string of the molecule is CC1(C)c2cc(-c3ccc(-c4nc(-c5cccc(-c6ccccc6)c5)nc(-c5cccc6c5oc5ccccc56)n4)cc3)ccc2-c2ccc3nc(-c4ccccc4)sc3c21. The van der Waals surface area contributed by atoms with Crippen molar-refractivity contribution in [2.24, 2.45) is 0 Å². The quantitative estimate of drug-likeness (QED) is 0.168. The van der Waals surface area contributed by atoms with Gasteiger partial charge < -0.3 is 4.42 Å². The molecule has 0 atom stereocenters. The van der Waals surface area contributed by atoms with Crippen LogP contribution in [0, 0.1) is 0 Å². The number of para-hydroxylation sites is 2. The summed E-state index contributed by atoms with van der Waals surface area (Å²) in [6.07, 6.45) is 0. The van der Waals surface area contributed by atoms with Crippen molar-refractivity contribution in [1.82, 2.24) is 19.9 Å². The van der Waals surface area contributed by atoms with Crippen LogP contribution in [-0.4, -0.2) is 19.9 Å². The third-order valence-corrected chi connectivity index (χ3v) is 13.3. The summed E-state index contributed by atoms with van der Waals surface area (Å²) in [6, 6.07) is 63.6. The molecule has 0 amide bonds. The molecule has 61 heavy (non-hydrogen) atoms. The predicted molar refractivity (Wildman–Crippen MR) is 250 cm³/mol. The minimum atomic E-state index is -0.196. The molecule has 0 saturated carbocycles. The van der Waals surface area contributed by atoms with Crippen LogP contribution in [-0.2, 0) is 5.41 Å². The number of fused-ring (bicyclic) bond motifs is 8. The molecular formula is C55H36N4OS. The number of hydrogen-bond donors (Lipinski definition) is 0. The zero-order chi connectivity index (χ0) is 40.7. The highest BCUT2D eigenvalue weighted by Gasteiger charge is 2.38. The van der Waals surface area contributed by atoms with E-state index in [1.54, 1.807) is 11.3 Å². The molecule has 5 nitrogen and oxygen atoms in total. The van der Waals surface area contributed by atoms with Crippen molar-refractivity contribution in [3.63, 3.8) is 0 Å². The Hall–Kier alpha value is -7.54. The highest BCUT2D eigenvalue weighted by molar-refractivity contribution is 7.22. The number of hydrogen-bond acceptors (Lipinski definition) is 6. The Kier molecular flexibility index (Phi) is 7.99. The molecule has 8 aromatic carbocycles. The van der Waals surface area contributed by atoms with Crippen LogP contribution >= 0.6 is 11.3 Å². The van der Waals surface area contributed by atoms with E-state index in [-0.39, 0.29) is 5.41 Å². The van der Waals surface area contributed by atoms with E-state index in [1.165, 1.54) is 32.5 Å². The first-order valence-electron chi connectivity index (χ1n) is 20.5. The number of rotatable bonds is 6. The zero-order valence-electron chi connectivity index (χ0n) is 33.4. The minimum Gasteiger partial charge on any atom is -0.455 e. The molecule has 0 aliphatic heterocycles. The van der Waals surface area contributed by atoms with Gasteiger partial charge >= 0.3 is 0 Å². The Morgan fingerprint density at radius 2 is 1.02 bits per heavy atom. The lowest BCUT2D eigenvalue weighted by Gasteiger charge is -2.22. The molecule has 11 aromatic rings. The third-order valence-electron chi connectivity index (χ3n) is 12.2. The molecule has 0 fully saturated rings. The van der Waals surface area contributed by atoms with Crippen molar-refractivity contribution in [2.75, 3.05) is 0 Å². The number of aromatic nitrogens is 4. The fourth-order valence-electron chi connectivity index (χ4n) is 9.11. The largest absolute Gasteiger partial charge is 0.455 e. The monoisotopic (exact) mass is 800 g/mol. The summed E-state index contributed by atoms with van der Waals surface area (Å²) in [5, 5.41) is 3.15. The molecule has 0 N–H and O–H groups in total. The van der Waals surface area contributed by atoms with Crippen molar-refractivity contribution in [1.29, 1.82) is 0 Å². The maximum Gasteiger partial charge on any atom is 0.167 e. The zero-order valence-corrected chi connectivity index (χ0v) is 34.2. The van der Waals surface area contributed by atoms with E-state index in [2.05, 4.69) is 159 Å². The predicted octanol–water partition coefficient (Wildman–Crippen LogP) is 14.7. The first-order chi connectivity index (χ1) is 30.0. The van der Waals surface area contributed by atoms with Crippen LogP contribution in [0.15, 0.2) is 186 Å². The minimum absolute atomic E-state index is 0.196. The third kappa shape index (κ3) is 5.82. The molecule has 1 aliphatic rings. The summed E-state index contributed by atoms with van der Waals surface area (Å²) in [4.78, 5) is 20.5.